The fourth-order valence-corrected chi connectivity index (χ4v) is 2.81. The maximum absolute atomic E-state index is 9.48. The lowest BCUT2D eigenvalue weighted by atomic mass is 10.1. The molecule has 2 N–H and O–H groups in total. The molecule has 1 fully saturated rings. The lowest BCUT2D eigenvalue weighted by molar-refractivity contribution is 0.299. The molecule has 0 saturated heterocycles. The van der Waals surface area contributed by atoms with E-state index < -0.39 is 0 Å². The summed E-state index contributed by atoms with van der Waals surface area (Å²) in [4.78, 5) is 4.38. The zero-order valence-corrected chi connectivity index (χ0v) is 14.7. The number of pyridine rings is 1. The van der Waals surface area contributed by atoms with Gasteiger partial charge in [-0.1, -0.05) is 11.6 Å². The van der Waals surface area contributed by atoms with Gasteiger partial charge in [-0.3, -0.25) is 4.98 Å². The van der Waals surface area contributed by atoms with Crippen LogP contribution in [0.3, 0.4) is 0 Å². The van der Waals surface area contributed by atoms with E-state index >= 15 is 0 Å². The number of halogens is 1. The predicted molar refractivity (Wildman–Crippen MR) is 101 cm³/mol. The van der Waals surface area contributed by atoms with Crippen LogP contribution in [0, 0.1) is 17.2 Å². The molecule has 1 aliphatic carbocycles. The molecule has 1 saturated carbocycles. The van der Waals surface area contributed by atoms with Crippen molar-refractivity contribution in [2.45, 2.75) is 12.8 Å². The number of benzene rings is 2. The molecule has 5 nitrogen and oxygen atoms in total. The summed E-state index contributed by atoms with van der Waals surface area (Å²) in [5.41, 5.74) is 7.39. The van der Waals surface area contributed by atoms with E-state index in [4.69, 9.17) is 26.8 Å². The molecule has 0 atom stereocenters. The molecular formula is C20H16ClN3O2. The molecule has 0 aliphatic heterocycles. The van der Waals surface area contributed by atoms with Crippen LogP contribution in [-0.4, -0.2) is 11.6 Å². The monoisotopic (exact) mass is 365 g/mol. The van der Waals surface area contributed by atoms with E-state index in [1.165, 1.54) is 12.8 Å². The van der Waals surface area contributed by atoms with E-state index in [0.29, 0.717) is 51.6 Å². The second-order valence-electron chi connectivity index (χ2n) is 6.33. The van der Waals surface area contributed by atoms with Crippen LogP contribution < -0.4 is 15.2 Å². The molecular weight excluding hydrogens is 350 g/mol. The van der Waals surface area contributed by atoms with E-state index in [2.05, 4.69) is 11.1 Å². The van der Waals surface area contributed by atoms with Gasteiger partial charge in [0.05, 0.1) is 28.4 Å². The number of hydrogen-bond acceptors (Lipinski definition) is 5. The van der Waals surface area contributed by atoms with E-state index in [1.807, 2.05) is 0 Å². The van der Waals surface area contributed by atoms with Gasteiger partial charge in [-0.15, -0.1) is 0 Å². The Labute approximate surface area is 155 Å². The number of fused-ring (bicyclic) bond motifs is 1. The number of hydrogen-bond donors (Lipinski definition) is 1. The summed E-state index contributed by atoms with van der Waals surface area (Å²) in [5.74, 6) is 2.31. The van der Waals surface area contributed by atoms with Gasteiger partial charge < -0.3 is 15.2 Å². The van der Waals surface area contributed by atoms with Crippen LogP contribution in [0.4, 0.5) is 5.69 Å². The molecule has 3 aromatic rings. The maximum Gasteiger partial charge on any atom is 0.139 e. The fraction of sp³-hybridized carbons (Fsp3) is 0.200. The third kappa shape index (κ3) is 3.37. The summed E-state index contributed by atoms with van der Waals surface area (Å²) in [6, 6.07) is 12.6. The quantitative estimate of drug-likeness (QED) is 0.649. The zero-order chi connectivity index (χ0) is 18.1. The van der Waals surface area contributed by atoms with Crippen LogP contribution in [0.2, 0.25) is 5.02 Å². The minimum Gasteiger partial charge on any atom is -0.492 e. The highest BCUT2D eigenvalue weighted by Crippen LogP contribution is 2.35. The Morgan fingerprint density at radius 2 is 2.04 bits per heavy atom. The number of nitrogens with two attached hydrogens (primary N) is 1. The molecule has 1 aliphatic rings. The van der Waals surface area contributed by atoms with Crippen molar-refractivity contribution in [2.24, 2.45) is 5.92 Å². The molecule has 0 spiro atoms. The van der Waals surface area contributed by atoms with Gasteiger partial charge in [0.2, 0.25) is 0 Å². The highest BCUT2D eigenvalue weighted by Gasteiger charge is 2.22. The Morgan fingerprint density at radius 3 is 2.77 bits per heavy atom. The van der Waals surface area contributed by atoms with Crippen LogP contribution in [0.25, 0.3) is 10.9 Å². The average molecular weight is 366 g/mol. The van der Waals surface area contributed by atoms with Crippen molar-refractivity contribution in [1.29, 1.82) is 5.26 Å². The van der Waals surface area contributed by atoms with Gasteiger partial charge >= 0.3 is 0 Å². The Kier molecular flexibility index (Phi) is 4.27. The van der Waals surface area contributed by atoms with Crippen molar-refractivity contribution in [3.8, 4) is 23.3 Å². The number of rotatable bonds is 5. The van der Waals surface area contributed by atoms with Gasteiger partial charge in [-0.2, -0.15) is 5.26 Å². The van der Waals surface area contributed by atoms with Gasteiger partial charge in [0.15, 0.2) is 0 Å². The topological polar surface area (TPSA) is 81.2 Å². The summed E-state index contributed by atoms with van der Waals surface area (Å²) < 4.78 is 11.8. The van der Waals surface area contributed by atoms with Crippen molar-refractivity contribution >= 4 is 28.2 Å². The Morgan fingerprint density at radius 1 is 1.19 bits per heavy atom. The van der Waals surface area contributed by atoms with Crippen molar-refractivity contribution in [1.82, 2.24) is 4.98 Å². The number of aromatic nitrogens is 1. The van der Waals surface area contributed by atoms with Crippen LogP contribution in [-0.2, 0) is 0 Å². The zero-order valence-electron chi connectivity index (χ0n) is 13.9. The number of nitriles is 1. The summed E-state index contributed by atoms with van der Waals surface area (Å²) in [5, 5.41) is 10.6. The molecule has 130 valence electrons. The number of nitrogen functional groups attached to an aromatic ring is 1. The van der Waals surface area contributed by atoms with Gasteiger partial charge in [0.1, 0.15) is 23.3 Å². The van der Waals surface area contributed by atoms with E-state index in [0.717, 1.165) is 5.39 Å². The molecule has 4 rings (SSSR count). The summed E-state index contributed by atoms with van der Waals surface area (Å²) in [6.45, 7) is 0.639. The normalized spacial score (nSPS) is 13.4. The fourth-order valence-electron chi connectivity index (χ4n) is 2.63. The van der Waals surface area contributed by atoms with Crippen molar-refractivity contribution < 1.29 is 9.47 Å². The first-order chi connectivity index (χ1) is 12.6. The summed E-state index contributed by atoms with van der Waals surface area (Å²) in [6.07, 6.45) is 4.04. The smallest absolute Gasteiger partial charge is 0.139 e. The van der Waals surface area contributed by atoms with Gasteiger partial charge in [-0.25, -0.2) is 0 Å². The summed E-state index contributed by atoms with van der Waals surface area (Å²) in [7, 11) is 0. The molecule has 1 heterocycles. The van der Waals surface area contributed by atoms with Gasteiger partial charge in [0, 0.05) is 23.7 Å². The maximum atomic E-state index is 9.48. The average Bonchev–Trinajstić information content (AvgIpc) is 3.47. The first-order valence-electron chi connectivity index (χ1n) is 8.32. The third-order valence-corrected chi connectivity index (χ3v) is 4.62. The molecule has 0 unspecified atom stereocenters. The highest BCUT2D eigenvalue weighted by molar-refractivity contribution is 6.33. The second kappa shape index (κ2) is 6.74. The number of nitrogens with zero attached hydrogens (tertiary/aromatic N) is 2. The Bertz CT molecular complexity index is 1030. The van der Waals surface area contributed by atoms with Gasteiger partial charge in [0.25, 0.3) is 0 Å². The molecule has 6 heteroatoms. The molecule has 0 radical (unpaired) electrons. The second-order valence-corrected chi connectivity index (χ2v) is 6.73. The molecule has 2 aromatic carbocycles. The van der Waals surface area contributed by atoms with Gasteiger partial charge in [-0.05, 0) is 43.0 Å². The minimum absolute atomic E-state index is 0.425. The molecule has 1 aromatic heterocycles. The lowest BCUT2D eigenvalue weighted by Gasteiger charge is -2.12. The molecule has 0 amide bonds. The summed E-state index contributed by atoms with van der Waals surface area (Å²) >= 11 is 6.06. The highest BCUT2D eigenvalue weighted by atomic mass is 35.5. The Hall–Kier alpha value is -2.97. The van der Waals surface area contributed by atoms with Crippen LogP contribution in [0.1, 0.15) is 18.4 Å². The van der Waals surface area contributed by atoms with E-state index in [9.17, 15) is 5.26 Å². The van der Waals surface area contributed by atoms with E-state index in [-0.39, 0.29) is 0 Å². The SMILES string of the molecule is N#Cc1cc2c(Oc3ccc(N)c(Cl)c3)ccnc2cc1OCC1CC1. The predicted octanol–water partition coefficient (Wildman–Crippen LogP) is 4.92. The first kappa shape index (κ1) is 16.5. The lowest BCUT2D eigenvalue weighted by Crippen LogP contribution is -2.01. The van der Waals surface area contributed by atoms with Crippen molar-refractivity contribution in [2.75, 3.05) is 12.3 Å². The van der Waals surface area contributed by atoms with Crippen molar-refractivity contribution in [3.63, 3.8) is 0 Å². The largest absolute Gasteiger partial charge is 0.492 e. The standard InChI is InChI=1S/C20H16ClN3O2/c21-16-8-14(3-4-17(16)23)26-19-5-6-24-18-9-20(25-11-12-1-2-12)13(10-22)7-15(18)19/h3-9,12H,1-2,11,23H2. The Balaban J connectivity index is 1.70. The van der Waals surface area contributed by atoms with Crippen LogP contribution >= 0.6 is 11.6 Å². The molecule has 26 heavy (non-hydrogen) atoms. The number of anilines is 1. The van der Waals surface area contributed by atoms with Crippen LogP contribution in [0.15, 0.2) is 42.6 Å². The number of ether oxygens (including phenoxy) is 2. The third-order valence-electron chi connectivity index (χ3n) is 4.29. The first-order valence-corrected chi connectivity index (χ1v) is 8.70. The van der Waals surface area contributed by atoms with E-state index in [1.54, 1.807) is 42.6 Å². The minimum atomic E-state index is 0.425. The van der Waals surface area contributed by atoms with Crippen LogP contribution in [0.5, 0.6) is 17.2 Å². The van der Waals surface area contributed by atoms with Crippen molar-refractivity contribution in [3.05, 3.63) is 53.2 Å². The molecule has 0 bridgehead atoms.